The van der Waals surface area contributed by atoms with Crippen LogP contribution in [0.3, 0.4) is 0 Å². The third-order valence-corrected chi connectivity index (χ3v) is 4.28. The summed E-state index contributed by atoms with van der Waals surface area (Å²) in [5.74, 6) is 2.88. The lowest BCUT2D eigenvalue weighted by Crippen LogP contribution is -2.15. The first-order chi connectivity index (χ1) is 7.79. The van der Waals surface area contributed by atoms with Gasteiger partial charge in [0.25, 0.3) is 0 Å². The van der Waals surface area contributed by atoms with Gasteiger partial charge in [-0.1, -0.05) is 27.5 Å². The van der Waals surface area contributed by atoms with Crippen LogP contribution in [0.5, 0.6) is 11.5 Å². The highest BCUT2D eigenvalue weighted by Gasteiger charge is 2.38. The Hall–Kier alpha value is -0.410. The zero-order chi connectivity index (χ0) is 11.1. The summed E-state index contributed by atoms with van der Waals surface area (Å²) in [5.41, 5.74) is 1.28. The predicted octanol–water partition coefficient (Wildman–Crippen LogP) is 3.61. The molecule has 1 aromatic rings. The summed E-state index contributed by atoms with van der Waals surface area (Å²) in [7, 11) is 0. The minimum absolute atomic E-state index is 0.583. The van der Waals surface area contributed by atoms with Gasteiger partial charge in [0.2, 0.25) is 0 Å². The number of alkyl halides is 1. The van der Waals surface area contributed by atoms with Crippen LogP contribution in [0.1, 0.15) is 17.9 Å². The SMILES string of the molecule is Clc1cc(C2CC2CBr)cc2c1OCCO2. The smallest absolute Gasteiger partial charge is 0.179 e. The summed E-state index contributed by atoms with van der Waals surface area (Å²) in [6.45, 7) is 1.19. The Labute approximate surface area is 108 Å². The van der Waals surface area contributed by atoms with Crippen molar-refractivity contribution in [3.05, 3.63) is 22.7 Å². The van der Waals surface area contributed by atoms with Crippen molar-refractivity contribution in [2.45, 2.75) is 12.3 Å². The standard InChI is InChI=1S/C12H12BrClO2/c13-6-8-3-9(8)7-4-10(14)12-11(5-7)15-1-2-16-12/h4-5,8-9H,1-3,6H2. The lowest BCUT2D eigenvalue weighted by molar-refractivity contribution is 0.171. The van der Waals surface area contributed by atoms with E-state index in [0.717, 1.165) is 17.0 Å². The van der Waals surface area contributed by atoms with Crippen LogP contribution in [0.15, 0.2) is 12.1 Å². The molecule has 1 heterocycles. The molecule has 1 saturated carbocycles. The predicted molar refractivity (Wildman–Crippen MR) is 67.1 cm³/mol. The van der Waals surface area contributed by atoms with Crippen LogP contribution in [0.25, 0.3) is 0 Å². The first kappa shape index (κ1) is 10.7. The van der Waals surface area contributed by atoms with E-state index in [1.165, 1.54) is 12.0 Å². The summed E-state index contributed by atoms with van der Waals surface area (Å²) < 4.78 is 11.1. The zero-order valence-corrected chi connectivity index (χ0v) is 11.1. The van der Waals surface area contributed by atoms with Gasteiger partial charge in [-0.05, 0) is 36.0 Å². The van der Waals surface area contributed by atoms with E-state index in [1.807, 2.05) is 6.07 Å². The van der Waals surface area contributed by atoms with Crippen molar-refractivity contribution in [1.29, 1.82) is 0 Å². The molecule has 0 saturated heterocycles. The average Bonchev–Trinajstić information content (AvgIpc) is 3.08. The van der Waals surface area contributed by atoms with Crippen molar-refractivity contribution in [2.24, 2.45) is 5.92 Å². The van der Waals surface area contributed by atoms with Gasteiger partial charge in [-0.2, -0.15) is 0 Å². The van der Waals surface area contributed by atoms with Gasteiger partial charge in [-0.25, -0.2) is 0 Å². The van der Waals surface area contributed by atoms with Gasteiger partial charge in [0, 0.05) is 5.33 Å². The van der Waals surface area contributed by atoms with Crippen molar-refractivity contribution in [3.8, 4) is 11.5 Å². The van der Waals surface area contributed by atoms with Crippen LogP contribution >= 0.6 is 27.5 Å². The maximum atomic E-state index is 6.19. The molecule has 0 aromatic heterocycles. The fourth-order valence-corrected chi connectivity index (χ4v) is 3.16. The highest BCUT2D eigenvalue weighted by Crippen LogP contribution is 2.51. The van der Waals surface area contributed by atoms with Gasteiger partial charge in [0.15, 0.2) is 11.5 Å². The minimum Gasteiger partial charge on any atom is -0.486 e. The first-order valence-corrected chi connectivity index (χ1v) is 6.94. The van der Waals surface area contributed by atoms with Crippen LogP contribution in [-0.2, 0) is 0 Å². The number of hydrogen-bond donors (Lipinski definition) is 0. The molecule has 0 amide bonds. The second-order valence-corrected chi connectivity index (χ2v) is 5.34. The summed E-state index contributed by atoms with van der Waals surface area (Å²) in [5, 5.41) is 1.73. The summed E-state index contributed by atoms with van der Waals surface area (Å²) in [6.07, 6.45) is 1.24. The Morgan fingerprint density at radius 3 is 2.88 bits per heavy atom. The summed E-state index contributed by atoms with van der Waals surface area (Å²) in [6, 6.07) is 4.09. The Bertz CT molecular complexity index is 422. The molecule has 0 bridgehead atoms. The van der Waals surface area contributed by atoms with Crippen LogP contribution in [-0.4, -0.2) is 18.5 Å². The molecule has 86 valence electrons. The fourth-order valence-electron chi connectivity index (χ4n) is 2.17. The Morgan fingerprint density at radius 2 is 2.12 bits per heavy atom. The summed E-state index contributed by atoms with van der Waals surface area (Å²) >= 11 is 9.71. The second kappa shape index (κ2) is 4.11. The van der Waals surface area contributed by atoms with Gasteiger partial charge in [0.05, 0.1) is 5.02 Å². The maximum Gasteiger partial charge on any atom is 0.179 e. The van der Waals surface area contributed by atoms with Gasteiger partial charge in [0.1, 0.15) is 13.2 Å². The number of ether oxygens (including phenoxy) is 2. The third kappa shape index (κ3) is 1.80. The molecular formula is C12H12BrClO2. The Balaban J connectivity index is 1.93. The number of fused-ring (bicyclic) bond motifs is 1. The molecule has 0 spiro atoms. The first-order valence-electron chi connectivity index (χ1n) is 5.44. The second-order valence-electron chi connectivity index (χ2n) is 4.28. The van der Waals surface area contributed by atoms with E-state index in [2.05, 4.69) is 22.0 Å². The number of halogens is 2. The molecule has 1 fully saturated rings. The highest BCUT2D eigenvalue weighted by atomic mass is 79.9. The Kier molecular flexibility index (Phi) is 2.76. The van der Waals surface area contributed by atoms with Crippen molar-refractivity contribution in [3.63, 3.8) is 0 Å². The van der Waals surface area contributed by atoms with Gasteiger partial charge in [-0.3, -0.25) is 0 Å². The van der Waals surface area contributed by atoms with E-state index in [1.54, 1.807) is 0 Å². The lowest BCUT2D eigenvalue weighted by Gasteiger charge is -2.20. The zero-order valence-electron chi connectivity index (χ0n) is 8.71. The molecule has 2 nitrogen and oxygen atoms in total. The maximum absolute atomic E-state index is 6.19. The molecule has 2 unspecified atom stereocenters. The van der Waals surface area contributed by atoms with Crippen LogP contribution in [0.4, 0.5) is 0 Å². The van der Waals surface area contributed by atoms with Gasteiger partial charge in [-0.15, -0.1) is 0 Å². The van der Waals surface area contributed by atoms with Crippen LogP contribution in [0.2, 0.25) is 5.02 Å². The van der Waals surface area contributed by atoms with Crippen LogP contribution in [0, 0.1) is 5.92 Å². The molecule has 2 aliphatic rings. The third-order valence-electron chi connectivity index (χ3n) is 3.17. The molecule has 16 heavy (non-hydrogen) atoms. The fraction of sp³-hybridized carbons (Fsp3) is 0.500. The van der Waals surface area contributed by atoms with Crippen LogP contribution < -0.4 is 9.47 Å². The number of benzene rings is 1. The van der Waals surface area contributed by atoms with E-state index in [-0.39, 0.29) is 0 Å². The quantitative estimate of drug-likeness (QED) is 0.777. The topological polar surface area (TPSA) is 18.5 Å². The molecule has 0 N–H and O–H groups in total. The molecule has 1 aliphatic heterocycles. The number of rotatable bonds is 2. The largest absolute Gasteiger partial charge is 0.486 e. The normalized spacial score (nSPS) is 26.6. The lowest BCUT2D eigenvalue weighted by atomic mass is 10.1. The molecule has 2 atom stereocenters. The number of hydrogen-bond acceptors (Lipinski definition) is 2. The minimum atomic E-state index is 0.583. The monoisotopic (exact) mass is 302 g/mol. The van der Waals surface area contributed by atoms with E-state index in [0.29, 0.717) is 29.9 Å². The van der Waals surface area contributed by atoms with E-state index in [9.17, 15) is 0 Å². The molecule has 1 aromatic carbocycles. The van der Waals surface area contributed by atoms with E-state index >= 15 is 0 Å². The van der Waals surface area contributed by atoms with Crippen molar-refractivity contribution in [1.82, 2.24) is 0 Å². The highest BCUT2D eigenvalue weighted by molar-refractivity contribution is 9.09. The van der Waals surface area contributed by atoms with Crippen molar-refractivity contribution >= 4 is 27.5 Å². The van der Waals surface area contributed by atoms with Gasteiger partial charge < -0.3 is 9.47 Å². The average molecular weight is 304 g/mol. The molecule has 4 heteroatoms. The molecule has 0 radical (unpaired) electrons. The molecule has 1 aliphatic carbocycles. The van der Waals surface area contributed by atoms with Crippen molar-refractivity contribution in [2.75, 3.05) is 18.5 Å². The van der Waals surface area contributed by atoms with Crippen molar-refractivity contribution < 1.29 is 9.47 Å². The molecule has 3 rings (SSSR count). The summed E-state index contributed by atoms with van der Waals surface area (Å²) in [4.78, 5) is 0. The van der Waals surface area contributed by atoms with E-state index < -0.39 is 0 Å². The van der Waals surface area contributed by atoms with Gasteiger partial charge >= 0.3 is 0 Å². The molecular weight excluding hydrogens is 291 g/mol. The Morgan fingerprint density at radius 1 is 1.31 bits per heavy atom. The van der Waals surface area contributed by atoms with E-state index in [4.69, 9.17) is 21.1 Å².